The van der Waals surface area contributed by atoms with E-state index in [1.165, 1.54) is 16.2 Å². The number of rotatable bonds is 9. The van der Waals surface area contributed by atoms with Crippen LogP contribution < -0.4 is 0 Å². The van der Waals surface area contributed by atoms with Crippen molar-refractivity contribution < 1.29 is 5.11 Å². The van der Waals surface area contributed by atoms with Crippen molar-refractivity contribution in [3.05, 3.63) is 56.9 Å². The zero-order chi connectivity index (χ0) is 20.0. The molecule has 0 radical (unpaired) electrons. The summed E-state index contributed by atoms with van der Waals surface area (Å²) in [5, 5.41) is 15.0. The van der Waals surface area contributed by atoms with Gasteiger partial charge in [0, 0.05) is 28.9 Å². The summed E-state index contributed by atoms with van der Waals surface area (Å²) in [6.45, 7) is 8.34. The molecule has 0 aromatic carbocycles. The lowest BCUT2D eigenvalue weighted by Crippen LogP contribution is -2.47. The Bertz CT molecular complexity index is 661. The third-order valence-corrected chi connectivity index (χ3v) is 8.06. The van der Waals surface area contributed by atoms with E-state index >= 15 is 0 Å². The molecule has 2 heterocycles. The molecule has 1 aliphatic carbocycles. The second-order valence-electron chi connectivity index (χ2n) is 8.61. The van der Waals surface area contributed by atoms with Crippen LogP contribution in [0.2, 0.25) is 0 Å². The van der Waals surface area contributed by atoms with E-state index in [-0.39, 0.29) is 0 Å². The van der Waals surface area contributed by atoms with Crippen LogP contribution in [0.3, 0.4) is 0 Å². The van der Waals surface area contributed by atoms with Gasteiger partial charge in [-0.2, -0.15) is 0 Å². The van der Waals surface area contributed by atoms with Gasteiger partial charge in [0.15, 0.2) is 0 Å². The fourth-order valence-electron chi connectivity index (χ4n) is 4.75. The minimum atomic E-state index is -0.603. The van der Waals surface area contributed by atoms with E-state index in [1.807, 2.05) is 36.5 Å². The largest absolute Gasteiger partial charge is 0.390 e. The Balaban J connectivity index is 1.68. The third-order valence-electron chi connectivity index (χ3n) is 6.19. The Kier molecular flexibility index (Phi) is 7.93. The van der Waals surface area contributed by atoms with Crippen LogP contribution in [-0.2, 0) is 12.8 Å². The monoisotopic (exact) mass is 417 g/mol. The van der Waals surface area contributed by atoms with Crippen molar-refractivity contribution in [3.63, 3.8) is 0 Å². The van der Waals surface area contributed by atoms with E-state index < -0.39 is 5.60 Å². The van der Waals surface area contributed by atoms with E-state index in [1.54, 1.807) is 0 Å². The van der Waals surface area contributed by atoms with E-state index in [2.05, 4.69) is 59.0 Å². The first-order valence-electron chi connectivity index (χ1n) is 10.6. The number of thiophene rings is 2. The van der Waals surface area contributed by atoms with Gasteiger partial charge in [-0.3, -0.25) is 4.90 Å². The molecule has 0 amide bonds. The van der Waals surface area contributed by atoms with Gasteiger partial charge in [-0.25, -0.2) is 0 Å². The summed E-state index contributed by atoms with van der Waals surface area (Å²) in [5.41, 5.74) is -0.603. The molecule has 1 fully saturated rings. The van der Waals surface area contributed by atoms with Gasteiger partial charge in [0.05, 0.1) is 5.60 Å². The molecule has 1 aliphatic rings. The fraction of sp³-hybridized carbons (Fsp3) is 0.583. The Morgan fingerprint density at radius 3 is 2.14 bits per heavy atom. The van der Waals surface area contributed by atoms with Gasteiger partial charge < -0.3 is 5.11 Å². The number of aliphatic hydroxyl groups is 1. The topological polar surface area (TPSA) is 23.5 Å². The zero-order valence-electron chi connectivity index (χ0n) is 17.5. The summed E-state index contributed by atoms with van der Waals surface area (Å²) >= 11 is 3.74. The van der Waals surface area contributed by atoms with E-state index in [0.29, 0.717) is 17.9 Å². The molecular formula is C24H35NOS2. The van der Waals surface area contributed by atoms with Gasteiger partial charge in [-0.1, -0.05) is 24.3 Å². The molecule has 0 aliphatic heterocycles. The number of hydrogen-bond donors (Lipinski definition) is 1. The molecule has 154 valence electrons. The summed E-state index contributed by atoms with van der Waals surface area (Å²) < 4.78 is 0. The molecular weight excluding hydrogens is 382 g/mol. The first kappa shape index (κ1) is 21.8. The standard InChI is InChI=1S/C24H35NOS2/c1-4-7-19-18-20(10-11-23(19)24(2,3)26)25(14-12-21-8-5-16-27-21)15-13-22-9-6-17-28-22/h4-9,16-17,19-20,23,26H,10-15,18H2,1-3H3/b7-4-/t19-,20?,23+/m1/s1. The average Bonchev–Trinajstić information content (AvgIpc) is 3.35. The maximum atomic E-state index is 10.7. The highest BCUT2D eigenvalue weighted by molar-refractivity contribution is 7.10. The average molecular weight is 418 g/mol. The van der Waals surface area contributed by atoms with Gasteiger partial charge in [-0.05, 0) is 87.6 Å². The van der Waals surface area contributed by atoms with Crippen LogP contribution in [0.1, 0.15) is 49.8 Å². The van der Waals surface area contributed by atoms with Gasteiger partial charge in [0.1, 0.15) is 0 Å². The molecule has 3 rings (SSSR count). The Morgan fingerprint density at radius 2 is 1.68 bits per heavy atom. The quantitative estimate of drug-likeness (QED) is 0.504. The van der Waals surface area contributed by atoms with Crippen LogP contribution in [0, 0.1) is 11.8 Å². The lowest BCUT2D eigenvalue weighted by atomic mass is 9.69. The highest BCUT2D eigenvalue weighted by Gasteiger charge is 2.38. The number of hydrogen-bond acceptors (Lipinski definition) is 4. The SMILES string of the molecule is C/C=C\[C@@H]1CC(N(CCc2cccs2)CCc2cccs2)CC[C@@H]1C(C)(C)O. The first-order chi connectivity index (χ1) is 13.5. The molecule has 2 aromatic rings. The summed E-state index contributed by atoms with van der Waals surface area (Å²) in [7, 11) is 0. The van der Waals surface area contributed by atoms with Gasteiger partial charge in [0.2, 0.25) is 0 Å². The zero-order valence-corrected chi connectivity index (χ0v) is 19.1. The van der Waals surface area contributed by atoms with Crippen molar-refractivity contribution in [1.29, 1.82) is 0 Å². The second-order valence-corrected chi connectivity index (χ2v) is 10.7. The first-order valence-corrected chi connectivity index (χ1v) is 12.4. The van der Waals surface area contributed by atoms with Crippen LogP contribution in [-0.4, -0.2) is 34.7 Å². The molecule has 1 saturated carbocycles. The van der Waals surface area contributed by atoms with Gasteiger partial charge >= 0.3 is 0 Å². The summed E-state index contributed by atoms with van der Waals surface area (Å²) in [6.07, 6.45) is 10.3. The van der Waals surface area contributed by atoms with E-state index in [9.17, 15) is 5.11 Å². The van der Waals surface area contributed by atoms with Crippen LogP contribution >= 0.6 is 22.7 Å². The van der Waals surface area contributed by atoms with Crippen molar-refractivity contribution in [3.8, 4) is 0 Å². The minimum absolute atomic E-state index is 0.358. The number of nitrogens with zero attached hydrogens (tertiary/aromatic N) is 1. The number of allylic oxidation sites excluding steroid dienone is 2. The van der Waals surface area contributed by atoms with Gasteiger partial charge in [0.25, 0.3) is 0 Å². The molecule has 3 atom stereocenters. The molecule has 1 unspecified atom stereocenters. The molecule has 4 heteroatoms. The Morgan fingerprint density at radius 1 is 1.07 bits per heavy atom. The molecule has 0 bridgehead atoms. The van der Waals surface area contributed by atoms with Crippen molar-refractivity contribution >= 4 is 22.7 Å². The molecule has 0 spiro atoms. The van der Waals surface area contributed by atoms with Crippen LogP contribution in [0.4, 0.5) is 0 Å². The summed E-state index contributed by atoms with van der Waals surface area (Å²) in [6, 6.07) is 9.45. The molecule has 2 aromatic heterocycles. The fourth-order valence-corrected chi connectivity index (χ4v) is 6.14. The highest BCUT2D eigenvalue weighted by Crippen LogP contribution is 2.40. The minimum Gasteiger partial charge on any atom is -0.390 e. The summed E-state index contributed by atoms with van der Waals surface area (Å²) in [4.78, 5) is 5.70. The Hall–Kier alpha value is -0.940. The normalized spacial score (nSPS) is 23.7. The molecule has 0 saturated heterocycles. The maximum absolute atomic E-state index is 10.7. The van der Waals surface area contributed by atoms with Crippen molar-refractivity contribution in [2.24, 2.45) is 11.8 Å². The van der Waals surface area contributed by atoms with Crippen molar-refractivity contribution in [1.82, 2.24) is 4.90 Å². The highest BCUT2D eigenvalue weighted by atomic mass is 32.1. The maximum Gasteiger partial charge on any atom is 0.0625 e. The third kappa shape index (κ3) is 6.03. The second kappa shape index (κ2) is 10.2. The summed E-state index contributed by atoms with van der Waals surface area (Å²) in [5.74, 6) is 0.825. The van der Waals surface area contributed by atoms with E-state index in [4.69, 9.17) is 0 Å². The Labute approximate surface area is 178 Å². The van der Waals surface area contributed by atoms with E-state index in [0.717, 1.165) is 38.8 Å². The van der Waals surface area contributed by atoms with Gasteiger partial charge in [-0.15, -0.1) is 22.7 Å². The van der Waals surface area contributed by atoms with Crippen LogP contribution in [0.25, 0.3) is 0 Å². The molecule has 28 heavy (non-hydrogen) atoms. The lowest BCUT2D eigenvalue weighted by molar-refractivity contribution is -0.0315. The lowest BCUT2D eigenvalue weighted by Gasteiger charge is -2.44. The van der Waals surface area contributed by atoms with Crippen LogP contribution in [0.5, 0.6) is 0 Å². The van der Waals surface area contributed by atoms with Crippen molar-refractivity contribution in [2.75, 3.05) is 13.1 Å². The predicted octanol–water partition coefficient (Wildman–Crippen LogP) is 6.03. The van der Waals surface area contributed by atoms with Crippen LogP contribution in [0.15, 0.2) is 47.2 Å². The predicted molar refractivity (Wildman–Crippen MR) is 123 cm³/mol. The molecule has 2 nitrogen and oxygen atoms in total. The smallest absolute Gasteiger partial charge is 0.0625 e. The molecule has 1 N–H and O–H groups in total. The van der Waals surface area contributed by atoms with Crippen molar-refractivity contribution in [2.45, 2.75) is 64.5 Å².